The summed E-state index contributed by atoms with van der Waals surface area (Å²) in [7, 11) is 0. The van der Waals surface area contributed by atoms with E-state index >= 15 is 0 Å². The van der Waals surface area contributed by atoms with E-state index in [0.717, 1.165) is 10.9 Å². The highest BCUT2D eigenvalue weighted by Gasteiger charge is 2.18. The lowest BCUT2D eigenvalue weighted by Gasteiger charge is -2.14. The maximum absolute atomic E-state index is 13.6. The molecule has 0 saturated heterocycles. The molecule has 0 fully saturated rings. The van der Waals surface area contributed by atoms with Gasteiger partial charge in [-0.05, 0) is 67.9 Å². The number of aryl methyl sites for hydroxylation is 1. The number of ether oxygens (including phenoxy) is 2. The minimum atomic E-state index is -0.363. The van der Waals surface area contributed by atoms with Crippen molar-refractivity contribution in [2.75, 3.05) is 18.5 Å². The molecule has 0 bridgehead atoms. The number of furan rings is 1. The van der Waals surface area contributed by atoms with Gasteiger partial charge in [-0.25, -0.2) is 4.98 Å². The SMILES string of the molecule is CCOc1cc(C=Nn2c(-c3cc4ccccc4o3)nc3ccccc3c2=O)cc(Cl)c1OCC(=O)Nc1ccc(C)cc1. The first-order valence-electron chi connectivity index (χ1n) is 13.9. The fraction of sp³-hybridized carbons (Fsp3) is 0.118. The summed E-state index contributed by atoms with van der Waals surface area (Å²) in [6.07, 6.45) is 1.48. The molecule has 1 amide bonds. The second kappa shape index (κ2) is 12.4. The Balaban J connectivity index is 1.32. The molecule has 10 heteroatoms. The Bertz CT molecular complexity index is 2050. The Morgan fingerprint density at radius 2 is 1.80 bits per heavy atom. The molecule has 6 rings (SSSR count). The van der Waals surface area contributed by atoms with Crippen LogP contribution in [0.1, 0.15) is 18.1 Å². The second-order valence-electron chi connectivity index (χ2n) is 9.93. The van der Waals surface area contributed by atoms with E-state index in [9.17, 15) is 9.59 Å². The summed E-state index contributed by atoms with van der Waals surface area (Å²) in [6, 6.07) is 27.2. The van der Waals surface area contributed by atoms with E-state index in [1.807, 2.05) is 74.5 Å². The number of hydrogen-bond acceptors (Lipinski definition) is 7. The Kier molecular flexibility index (Phi) is 8.12. The highest BCUT2D eigenvalue weighted by molar-refractivity contribution is 6.32. The third-order valence-electron chi connectivity index (χ3n) is 6.74. The summed E-state index contributed by atoms with van der Waals surface area (Å²) in [5.41, 5.74) is 3.10. The van der Waals surface area contributed by atoms with Crippen LogP contribution in [0.2, 0.25) is 5.02 Å². The molecular weight excluding hydrogens is 580 g/mol. The maximum Gasteiger partial charge on any atom is 0.282 e. The average Bonchev–Trinajstić information content (AvgIpc) is 3.46. The van der Waals surface area contributed by atoms with Crippen LogP contribution in [-0.4, -0.2) is 35.0 Å². The van der Waals surface area contributed by atoms with Crippen LogP contribution in [0.25, 0.3) is 33.5 Å². The monoisotopic (exact) mass is 606 g/mol. The number of halogens is 1. The zero-order valence-electron chi connectivity index (χ0n) is 23.9. The Hall–Kier alpha value is -5.41. The van der Waals surface area contributed by atoms with Crippen LogP contribution in [0.4, 0.5) is 5.69 Å². The molecule has 0 aliphatic rings. The largest absolute Gasteiger partial charge is 0.490 e. The second-order valence-corrected chi connectivity index (χ2v) is 10.3. The molecule has 6 aromatic rings. The van der Waals surface area contributed by atoms with Gasteiger partial charge in [-0.2, -0.15) is 9.78 Å². The van der Waals surface area contributed by atoms with Crippen molar-refractivity contribution in [3.63, 3.8) is 0 Å². The Morgan fingerprint density at radius 1 is 1.02 bits per heavy atom. The van der Waals surface area contributed by atoms with E-state index in [4.69, 9.17) is 30.5 Å². The minimum Gasteiger partial charge on any atom is -0.490 e. The highest BCUT2D eigenvalue weighted by Crippen LogP contribution is 2.36. The number of para-hydroxylation sites is 2. The fourth-order valence-corrected chi connectivity index (χ4v) is 4.92. The number of aromatic nitrogens is 2. The van der Waals surface area contributed by atoms with E-state index in [1.54, 1.807) is 30.3 Å². The molecular formula is C34H27ClN4O5. The molecule has 2 heterocycles. The van der Waals surface area contributed by atoms with Gasteiger partial charge in [0.25, 0.3) is 11.5 Å². The van der Waals surface area contributed by atoms with Gasteiger partial charge in [0, 0.05) is 11.1 Å². The Morgan fingerprint density at radius 3 is 2.59 bits per heavy atom. The van der Waals surface area contributed by atoms with E-state index in [2.05, 4.69) is 10.4 Å². The normalized spacial score (nSPS) is 11.3. The lowest BCUT2D eigenvalue weighted by atomic mass is 10.2. The van der Waals surface area contributed by atoms with Gasteiger partial charge >= 0.3 is 0 Å². The molecule has 44 heavy (non-hydrogen) atoms. The van der Waals surface area contributed by atoms with E-state index in [1.165, 1.54) is 10.9 Å². The number of amides is 1. The van der Waals surface area contributed by atoms with E-state index in [0.29, 0.717) is 45.9 Å². The number of benzene rings is 4. The molecule has 4 aromatic carbocycles. The predicted octanol–water partition coefficient (Wildman–Crippen LogP) is 7.07. The smallest absolute Gasteiger partial charge is 0.282 e. The average molecular weight is 607 g/mol. The van der Waals surface area contributed by atoms with E-state index in [-0.39, 0.29) is 34.7 Å². The van der Waals surface area contributed by atoms with Gasteiger partial charge in [-0.1, -0.05) is 59.6 Å². The van der Waals surface area contributed by atoms with Crippen molar-refractivity contribution < 1.29 is 18.7 Å². The predicted molar refractivity (Wildman–Crippen MR) is 172 cm³/mol. The van der Waals surface area contributed by atoms with Crippen LogP contribution in [0, 0.1) is 6.92 Å². The van der Waals surface area contributed by atoms with Gasteiger partial charge in [0.15, 0.2) is 23.9 Å². The lowest BCUT2D eigenvalue weighted by Crippen LogP contribution is -2.20. The topological polar surface area (TPSA) is 108 Å². The van der Waals surface area contributed by atoms with Gasteiger partial charge in [0.2, 0.25) is 5.82 Å². The first-order chi connectivity index (χ1) is 21.4. The van der Waals surface area contributed by atoms with Crippen LogP contribution in [0.3, 0.4) is 0 Å². The zero-order valence-corrected chi connectivity index (χ0v) is 24.7. The summed E-state index contributed by atoms with van der Waals surface area (Å²) in [6.45, 7) is 3.84. The number of carbonyl (C=O) groups is 1. The fourth-order valence-electron chi connectivity index (χ4n) is 4.64. The van der Waals surface area contributed by atoms with Crippen LogP contribution in [-0.2, 0) is 4.79 Å². The number of fused-ring (bicyclic) bond motifs is 2. The quantitative estimate of drug-likeness (QED) is 0.176. The van der Waals surface area contributed by atoms with Crippen molar-refractivity contribution in [1.29, 1.82) is 0 Å². The van der Waals surface area contributed by atoms with Crippen molar-refractivity contribution in [2.45, 2.75) is 13.8 Å². The van der Waals surface area contributed by atoms with Crippen molar-refractivity contribution in [2.24, 2.45) is 5.10 Å². The summed E-state index contributed by atoms with van der Waals surface area (Å²) in [5, 5.41) is 8.79. The number of nitrogens with one attached hydrogen (secondary N) is 1. The van der Waals surface area contributed by atoms with Gasteiger partial charge in [-0.15, -0.1) is 0 Å². The molecule has 0 atom stereocenters. The highest BCUT2D eigenvalue weighted by atomic mass is 35.5. The molecule has 0 aliphatic carbocycles. The molecule has 220 valence electrons. The number of nitrogens with zero attached hydrogens (tertiary/aromatic N) is 3. The number of anilines is 1. The summed E-state index contributed by atoms with van der Waals surface area (Å²) < 4.78 is 18.8. The summed E-state index contributed by atoms with van der Waals surface area (Å²) >= 11 is 6.60. The third-order valence-corrected chi connectivity index (χ3v) is 7.02. The minimum absolute atomic E-state index is 0.210. The maximum atomic E-state index is 13.6. The van der Waals surface area contributed by atoms with Crippen molar-refractivity contribution in [3.05, 3.63) is 117 Å². The number of rotatable bonds is 9. The first-order valence-corrected chi connectivity index (χ1v) is 14.3. The third kappa shape index (κ3) is 6.04. The van der Waals surface area contributed by atoms with Gasteiger partial charge in [0.1, 0.15) is 5.58 Å². The molecule has 0 radical (unpaired) electrons. The van der Waals surface area contributed by atoms with Crippen LogP contribution >= 0.6 is 11.6 Å². The summed E-state index contributed by atoms with van der Waals surface area (Å²) in [4.78, 5) is 30.8. The van der Waals surface area contributed by atoms with Gasteiger partial charge in [-0.3, -0.25) is 9.59 Å². The van der Waals surface area contributed by atoms with Crippen LogP contribution in [0.5, 0.6) is 11.5 Å². The lowest BCUT2D eigenvalue weighted by molar-refractivity contribution is -0.118. The molecule has 0 saturated carbocycles. The molecule has 0 unspecified atom stereocenters. The van der Waals surface area contributed by atoms with Crippen molar-refractivity contribution in [3.8, 4) is 23.1 Å². The van der Waals surface area contributed by atoms with E-state index < -0.39 is 0 Å². The van der Waals surface area contributed by atoms with Gasteiger partial charge in [0.05, 0.1) is 28.7 Å². The van der Waals surface area contributed by atoms with Crippen LogP contribution < -0.4 is 20.3 Å². The molecule has 1 N–H and O–H groups in total. The Labute approximate surface area is 257 Å². The molecule has 0 aliphatic heterocycles. The van der Waals surface area contributed by atoms with Crippen LogP contribution in [0.15, 0.2) is 105 Å². The van der Waals surface area contributed by atoms with Gasteiger partial charge < -0.3 is 19.2 Å². The standard InChI is InChI=1S/C34H27ClN4O5/c1-3-42-29-17-22(16-26(35)32(29)43-20-31(40)37-24-14-12-21(2)13-15-24)19-36-39-33(30-18-23-8-4-7-11-28(23)44-30)38-27-10-6-5-9-25(27)34(39)41/h4-19H,3,20H2,1-2H3,(H,37,40). The number of hydrogen-bond donors (Lipinski definition) is 1. The number of carbonyl (C=O) groups excluding carboxylic acids is 1. The van der Waals surface area contributed by atoms with Crippen molar-refractivity contribution >= 4 is 51.3 Å². The molecule has 0 spiro atoms. The first kappa shape index (κ1) is 28.7. The van der Waals surface area contributed by atoms with Crippen molar-refractivity contribution in [1.82, 2.24) is 9.66 Å². The zero-order chi connectivity index (χ0) is 30.6. The molecule has 9 nitrogen and oxygen atoms in total. The molecule has 2 aromatic heterocycles. The summed E-state index contributed by atoms with van der Waals surface area (Å²) in [5.74, 6) is 0.839.